The Morgan fingerprint density at radius 3 is 2.53 bits per heavy atom. The SMILES string of the molecule is COc1ccc([C@H](O)C[C@H]2c3c(cc4c(c3OC)OCO4)CC[N+]2(C)C)cc1OC. The molecule has 0 radical (unpaired) electrons. The third kappa shape index (κ3) is 3.42. The minimum Gasteiger partial charge on any atom is -0.493 e. The fourth-order valence-corrected chi connectivity index (χ4v) is 4.58. The van der Waals surface area contributed by atoms with E-state index >= 15 is 0 Å². The van der Waals surface area contributed by atoms with Gasteiger partial charge in [0.05, 0.1) is 53.6 Å². The van der Waals surface area contributed by atoms with Crippen molar-refractivity contribution in [3.63, 3.8) is 0 Å². The van der Waals surface area contributed by atoms with Crippen LogP contribution in [0.3, 0.4) is 0 Å². The standard InChI is InChI=1S/C23H30NO6/c1-24(2)9-8-15-11-20-22(30-13-29-20)23(28-5)21(15)16(24)12-17(25)14-6-7-18(26-3)19(10-14)27-4/h6-7,10-11,16-17,25H,8-9,12-13H2,1-5H3/q+1/t16-,17+/m0/s1. The van der Waals surface area contributed by atoms with Crippen LogP contribution in [-0.2, 0) is 6.42 Å². The molecule has 0 saturated heterocycles. The molecule has 7 nitrogen and oxygen atoms in total. The van der Waals surface area contributed by atoms with Crippen LogP contribution < -0.4 is 23.7 Å². The van der Waals surface area contributed by atoms with E-state index in [0.29, 0.717) is 23.7 Å². The second-order valence-electron chi connectivity index (χ2n) is 8.35. The van der Waals surface area contributed by atoms with E-state index in [1.165, 1.54) is 5.56 Å². The number of hydrogen-bond acceptors (Lipinski definition) is 6. The fraction of sp³-hybridized carbons (Fsp3) is 0.478. The molecular formula is C23H30NO6+. The number of quaternary nitrogens is 1. The van der Waals surface area contributed by atoms with E-state index in [2.05, 4.69) is 20.2 Å². The lowest BCUT2D eigenvalue weighted by Gasteiger charge is -2.44. The topological polar surface area (TPSA) is 66.4 Å². The summed E-state index contributed by atoms with van der Waals surface area (Å²) in [5.74, 6) is 3.35. The molecule has 0 aliphatic carbocycles. The van der Waals surface area contributed by atoms with E-state index < -0.39 is 6.10 Å². The number of fused-ring (bicyclic) bond motifs is 2. The minimum atomic E-state index is -0.673. The number of hydrogen-bond donors (Lipinski definition) is 1. The summed E-state index contributed by atoms with van der Waals surface area (Å²) in [4.78, 5) is 0. The number of benzene rings is 2. The van der Waals surface area contributed by atoms with Crippen LogP contribution in [0.4, 0.5) is 0 Å². The maximum atomic E-state index is 11.2. The minimum absolute atomic E-state index is 0.0290. The summed E-state index contributed by atoms with van der Waals surface area (Å²) in [6.07, 6.45) is 0.775. The molecule has 0 aromatic heterocycles. The van der Waals surface area contributed by atoms with Gasteiger partial charge in [-0.3, -0.25) is 0 Å². The van der Waals surface area contributed by atoms with Crippen LogP contribution in [0, 0.1) is 0 Å². The highest BCUT2D eigenvalue weighted by Crippen LogP contribution is 2.52. The van der Waals surface area contributed by atoms with Crippen LogP contribution in [0.5, 0.6) is 28.7 Å². The number of likely N-dealkylation sites (N-methyl/N-ethyl adjacent to an activating group) is 1. The van der Waals surface area contributed by atoms with Crippen molar-refractivity contribution in [2.24, 2.45) is 0 Å². The zero-order valence-corrected chi connectivity index (χ0v) is 18.2. The Labute approximate surface area is 177 Å². The average Bonchev–Trinajstić information content (AvgIpc) is 3.21. The Morgan fingerprint density at radius 1 is 1.07 bits per heavy atom. The quantitative estimate of drug-likeness (QED) is 0.730. The van der Waals surface area contributed by atoms with Gasteiger partial charge in [-0.15, -0.1) is 0 Å². The molecule has 2 aromatic rings. The summed E-state index contributed by atoms with van der Waals surface area (Å²) in [7, 11) is 9.24. The molecule has 4 rings (SSSR count). The maximum Gasteiger partial charge on any atom is 0.231 e. The van der Waals surface area contributed by atoms with E-state index in [9.17, 15) is 5.11 Å². The summed E-state index contributed by atoms with van der Waals surface area (Å²) in [6, 6.07) is 7.64. The van der Waals surface area contributed by atoms with E-state index in [0.717, 1.165) is 40.1 Å². The third-order valence-corrected chi connectivity index (χ3v) is 6.32. The number of rotatable bonds is 6. The van der Waals surface area contributed by atoms with Crippen molar-refractivity contribution < 1.29 is 33.3 Å². The lowest BCUT2D eigenvalue weighted by molar-refractivity contribution is -0.924. The van der Waals surface area contributed by atoms with Crippen molar-refractivity contribution >= 4 is 0 Å². The van der Waals surface area contributed by atoms with Crippen molar-refractivity contribution in [1.82, 2.24) is 0 Å². The first-order chi connectivity index (χ1) is 14.4. The second kappa shape index (κ2) is 7.89. The van der Waals surface area contributed by atoms with Crippen LogP contribution in [0.25, 0.3) is 0 Å². The molecule has 2 aromatic carbocycles. The highest BCUT2D eigenvalue weighted by Gasteiger charge is 2.42. The van der Waals surface area contributed by atoms with Gasteiger partial charge in [-0.2, -0.15) is 0 Å². The lowest BCUT2D eigenvalue weighted by atomic mass is 9.85. The lowest BCUT2D eigenvalue weighted by Crippen LogP contribution is -2.48. The van der Waals surface area contributed by atoms with Crippen molar-refractivity contribution in [2.45, 2.75) is 25.0 Å². The molecule has 0 unspecified atom stereocenters. The molecule has 30 heavy (non-hydrogen) atoms. The van der Waals surface area contributed by atoms with Crippen molar-refractivity contribution in [3.05, 3.63) is 41.0 Å². The first-order valence-corrected chi connectivity index (χ1v) is 10.1. The van der Waals surface area contributed by atoms with Crippen molar-refractivity contribution in [2.75, 3.05) is 48.8 Å². The normalized spacial score (nSPS) is 19.7. The largest absolute Gasteiger partial charge is 0.493 e. The Bertz CT molecular complexity index is 942. The molecule has 0 saturated carbocycles. The van der Waals surface area contributed by atoms with Crippen LogP contribution in [-0.4, -0.2) is 58.4 Å². The first-order valence-electron chi connectivity index (χ1n) is 10.1. The number of ether oxygens (including phenoxy) is 5. The Balaban J connectivity index is 1.72. The molecular weight excluding hydrogens is 386 g/mol. The monoisotopic (exact) mass is 416 g/mol. The van der Waals surface area contributed by atoms with Gasteiger partial charge in [-0.25, -0.2) is 0 Å². The molecule has 0 amide bonds. The predicted octanol–water partition coefficient (Wildman–Crippen LogP) is 3.24. The average molecular weight is 416 g/mol. The van der Waals surface area contributed by atoms with Gasteiger partial charge in [0.25, 0.3) is 0 Å². The first kappa shape index (κ1) is 20.6. The summed E-state index contributed by atoms with van der Waals surface area (Å²) >= 11 is 0. The zero-order chi connectivity index (χ0) is 21.5. The van der Waals surface area contributed by atoms with Gasteiger partial charge in [0.1, 0.15) is 6.04 Å². The number of aliphatic hydroxyl groups excluding tert-OH is 1. The molecule has 2 atom stereocenters. The zero-order valence-electron chi connectivity index (χ0n) is 18.2. The van der Waals surface area contributed by atoms with Gasteiger partial charge in [0.2, 0.25) is 12.5 Å². The van der Waals surface area contributed by atoms with Crippen LogP contribution in [0.1, 0.15) is 35.3 Å². The molecule has 7 heteroatoms. The van der Waals surface area contributed by atoms with Gasteiger partial charge >= 0.3 is 0 Å². The summed E-state index contributed by atoms with van der Waals surface area (Å²) in [5, 5.41) is 11.2. The maximum absolute atomic E-state index is 11.2. The molecule has 0 bridgehead atoms. The fourth-order valence-electron chi connectivity index (χ4n) is 4.58. The number of nitrogens with zero attached hydrogens (tertiary/aromatic N) is 1. The molecule has 2 aliphatic rings. The van der Waals surface area contributed by atoms with E-state index in [1.54, 1.807) is 21.3 Å². The Hall–Kier alpha value is -2.64. The third-order valence-electron chi connectivity index (χ3n) is 6.32. The van der Waals surface area contributed by atoms with E-state index in [-0.39, 0.29) is 12.8 Å². The summed E-state index contributed by atoms with van der Waals surface area (Å²) < 4.78 is 28.6. The van der Waals surface area contributed by atoms with Gasteiger partial charge in [-0.1, -0.05) is 6.07 Å². The second-order valence-corrected chi connectivity index (χ2v) is 8.35. The molecule has 162 valence electrons. The van der Waals surface area contributed by atoms with E-state index in [4.69, 9.17) is 23.7 Å². The predicted molar refractivity (Wildman–Crippen MR) is 112 cm³/mol. The smallest absolute Gasteiger partial charge is 0.231 e. The molecule has 2 aliphatic heterocycles. The summed E-state index contributed by atoms with van der Waals surface area (Å²) in [5.41, 5.74) is 3.08. The number of aliphatic hydroxyl groups is 1. The van der Waals surface area contributed by atoms with Crippen LogP contribution in [0.15, 0.2) is 24.3 Å². The molecule has 0 spiro atoms. The van der Waals surface area contributed by atoms with Gasteiger partial charge in [0.15, 0.2) is 23.0 Å². The van der Waals surface area contributed by atoms with Crippen LogP contribution in [0.2, 0.25) is 0 Å². The Morgan fingerprint density at radius 2 is 1.83 bits per heavy atom. The van der Waals surface area contributed by atoms with Crippen molar-refractivity contribution in [1.29, 1.82) is 0 Å². The molecule has 1 N–H and O–H groups in total. The van der Waals surface area contributed by atoms with E-state index in [1.807, 2.05) is 18.2 Å². The number of methoxy groups -OCH3 is 3. The van der Waals surface area contributed by atoms with Gasteiger partial charge in [0, 0.05) is 12.8 Å². The Kier molecular flexibility index (Phi) is 5.42. The summed E-state index contributed by atoms with van der Waals surface area (Å²) in [6.45, 7) is 1.16. The highest BCUT2D eigenvalue weighted by molar-refractivity contribution is 5.61. The van der Waals surface area contributed by atoms with Gasteiger partial charge in [-0.05, 0) is 29.3 Å². The molecule has 0 fully saturated rings. The molecule has 2 heterocycles. The van der Waals surface area contributed by atoms with Gasteiger partial charge < -0.3 is 33.3 Å². The highest BCUT2D eigenvalue weighted by atomic mass is 16.7. The van der Waals surface area contributed by atoms with Crippen LogP contribution >= 0.6 is 0 Å². The van der Waals surface area contributed by atoms with Crippen molar-refractivity contribution in [3.8, 4) is 28.7 Å².